The van der Waals surface area contributed by atoms with Crippen molar-refractivity contribution in [2.45, 2.75) is 33.4 Å². The van der Waals surface area contributed by atoms with Gasteiger partial charge in [-0.25, -0.2) is 0 Å². The van der Waals surface area contributed by atoms with Gasteiger partial charge in [0.05, 0.1) is 0 Å². The molecule has 0 radical (unpaired) electrons. The van der Waals surface area contributed by atoms with Crippen LogP contribution in [-0.4, -0.2) is 39.6 Å². The largest absolute Gasteiger partial charge is 0.351 e. The van der Waals surface area contributed by atoms with E-state index in [-0.39, 0.29) is 11.8 Å². The van der Waals surface area contributed by atoms with E-state index in [1.807, 2.05) is 30.9 Å². The molecule has 0 unspecified atom stereocenters. The zero-order valence-electron chi connectivity index (χ0n) is 14.1. The molecule has 2 aromatic rings. The lowest BCUT2D eigenvalue weighted by atomic mass is 10.1. The fourth-order valence-corrected chi connectivity index (χ4v) is 2.86. The van der Waals surface area contributed by atoms with Crippen molar-refractivity contribution in [2.24, 2.45) is 0 Å². The number of carbonyl (C=O) groups excluding carboxylic acids is 2. The summed E-state index contributed by atoms with van der Waals surface area (Å²) in [5.41, 5.74) is 3.09. The number of nitrogens with one attached hydrogen (secondary N) is 1. The summed E-state index contributed by atoms with van der Waals surface area (Å²) >= 11 is 0. The maximum absolute atomic E-state index is 12.8. The van der Waals surface area contributed by atoms with Gasteiger partial charge < -0.3 is 10.2 Å². The Balaban J connectivity index is 1.81. The summed E-state index contributed by atoms with van der Waals surface area (Å²) in [6.07, 6.45) is 0.821. The second kappa shape index (κ2) is 6.86. The van der Waals surface area contributed by atoms with Crippen molar-refractivity contribution in [1.82, 2.24) is 20.0 Å². The van der Waals surface area contributed by atoms with Crippen LogP contribution in [0.4, 0.5) is 0 Å². The smallest absolute Gasteiger partial charge is 0.272 e. The van der Waals surface area contributed by atoms with E-state index in [0.29, 0.717) is 37.6 Å². The third-order valence-electron chi connectivity index (χ3n) is 4.15. The summed E-state index contributed by atoms with van der Waals surface area (Å²) in [4.78, 5) is 26.6. The van der Waals surface area contributed by atoms with Gasteiger partial charge in [0, 0.05) is 32.2 Å². The van der Waals surface area contributed by atoms with Crippen LogP contribution in [0.1, 0.15) is 45.4 Å². The number of aryl methyl sites for hydroxylation is 2. The Labute approximate surface area is 141 Å². The monoisotopic (exact) mass is 326 g/mol. The van der Waals surface area contributed by atoms with E-state index in [1.54, 1.807) is 10.7 Å². The Bertz CT molecular complexity index is 749. The Morgan fingerprint density at radius 2 is 2.00 bits per heavy atom. The fourth-order valence-electron chi connectivity index (χ4n) is 2.86. The van der Waals surface area contributed by atoms with E-state index in [0.717, 1.165) is 12.0 Å². The predicted molar refractivity (Wildman–Crippen MR) is 90.8 cm³/mol. The van der Waals surface area contributed by atoms with Crippen LogP contribution in [0.3, 0.4) is 0 Å². The number of nitrogens with zero attached hydrogens (tertiary/aromatic N) is 3. The summed E-state index contributed by atoms with van der Waals surface area (Å²) in [5.74, 6) is -0.313. The number of carbonyl (C=O) groups is 2. The highest BCUT2D eigenvalue weighted by atomic mass is 16.2. The maximum Gasteiger partial charge on any atom is 0.272 e. The molecule has 3 rings (SSSR count). The van der Waals surface area contributed by atoms with Crippen LogP contribution in [0.5, 0.6) is 0 Å². The summed E-state index contributed by atoms with van der Waals surface area (Å²) in [5, 5.41) is 7.01. The van der Waals surface area contributed by atoms with Crippen LogP contribution in [0, 0.1) is 6.92 Å². The van der Waals surface area contributed by atoms with E-state index in [2.05, 4.69) is 22.5 Å². The lowest BCUT2D eigenvalue weighted by molar-refractivity contribution is 0.0745. The zero-order chi connectivity index (χ0) is 17.1. The molecule has 0 saturated heterocycles. The van der Waals surface area contributed by atoms with Crippen LogP contribution in [0.15, 0.2) is 30.3 Å². The molecular formula is C18H22N4O2. The normalized spacial score (nSPS) is 14.2. The molecule has 1 aromatic carbocycles. The van der Waals surface area contributed by atoms with E-state index in [9.17, 15) is 9.59 Å². The molecule has 1 N–H and O–H groups in total. The van der Waals surface area contributed by atoms with Gasteiger partial charge in [0.25, 0.3) is 11.8 Å². The van der Waals surface area contributed by atoms with Crippen LogP contribution < -0.4 is 5.32 Å². The lowest BCUT2D eigenvalue weighted by Crippen LogP contribution is -2.30. The Kier molecular flexibility index (Phi) is 4.64. The van der Waals surface area contributed by atoms with Crippen molar-refractivity contribution in [3.8, 4) is 0 Å². The van der Waals surface area contributed by atoms with Crippen molar-refractivity contribution >= 4 is 11.8 Å². The van der Waals surface area contributed by atoms with Crippen molar-refractivity contribution in [2.75, 3.05) is 13.1 Å². The summed E-state index contributed by atoms with van der Waals surface area (Å²) < 4.78 is 1.65. The van der Waals surface area contributed by atoms with Gasteiger partial charge in [-0.15, -0.1) is 0 Å². The molecule has 6 heteroatoms. The molecular weight excluding hydrogens is 304 g/mol. The third kappa shape index (κ3) is 3.32. The van der Waals surface area contributed by atoms with E-state index < -0.39 is 0 Å². The van der Waals surface area contributed by atoms with E-state index in [4.69, 9.17) is 0 Å². The molecule has 1 aromatic heterocycles. The number of aromatic nitrogens is 2. The van der Waals surface area contributed by atoms with Gasteiger partial charge in [-0.05, 0) is 25.8 Å². The van der Waals surface area contributed by atoms with Crippen LogP contribution in [-0.2, 0) is 13.1 Å². The van der Waals surface area contributed by atoms with Crippen molar-refractivity contribution in [1.29, 1.82) is 0 Å². The Morgan fingerprint density at radius 1 is 1.25 bits per heavy atom. The van der Waals surface area contributed by atoms with E-state index >= 15 is 0 Å². The first-order chi connectivity index (χ1) is 11.6. The fraction of sp³-hybridized carbons (Fsp3) is 0.389. The molecule has 2 heterocycles. The molecule has 2 amide bonds. The molecule has 0 bridgehead atoms. The third-order valence-corrected chi connectivity index (χ3v) is 4.15. The first kappa shape index (κ1) is 16.2. The molecule has 1 aliphatic heterocycles. The number of hydrogen-bond acceptors (Lipinski definition) is 3. The second-order valence-corrected chi connectivity index (χ2v) is 6.06. The predicted octanol–water partition coefficient (Wildman–Crippen LogP) is 1.99. The number of fused-ring (bicyclic) bond motifs is 1. The van der Waals surface area contributed by atoms with Crippen molar-refractivity contribution in [3.05, 3.63) is 52.8 Å². The van der Waals surface area contributed by atoms with Gasteiger partial charge in [0.1, 0.15) is 5.69 Å². The zero-order valence-corrected chi connectivity index (χ0v) is 14.1. The molecule has 24 heavy (non-hydrogen) atoms. The summed E-state index contributed by atoms with van der Waals surface area (Å²) in [6.45, 7) is 6.34. The number of hydrogen-bond donors (Lipinski definition) is 1. The summed E-state index contributed by atoms with van der Waals surface area (Å²) in [7, 11) is 0. The SMILES string of the molecule is CCNC(=O)c1cc2n(n1)CCCN(Cc1ccc(C)cc1)C2=O. The van der Waals surface area contributed by atoms with Crippen LogP contribution in [0.25, 0.3) is 0 Å². The van der Waals surface area contributed by atoms with E-state index in [1.165, 1.54) is 5.56 Å². The molecule has 6 nitrogen and oxygen atoms in total. The minimum absolute atomic E-state index is 0.0730. The standard InChI is InChI=1S/C18H22N4O2/c1-3-19-17(23)15-11-16-18(24)21(9-4-10-22(16)20-15)12-14-7-5-13(2)6-8-14/h5-8,11H,3-4,9-10,12H2,1-2H3,(H,19,23). The topological polar surface area (TPSA) is 67.2 Å². The highest BCUT2D eigenvalue weighted by Crippen LogP contribution is 2.17. The molecule has 0 atom stereocenters. The minimum Gasteiger partial charge on any atom is -0.351 e. The molecule has 1 aliphatic rings. The minimum atomic E-state index is -0.240. The van der Waals surface area contributed by atoms with Gasteiger partial charge in [-0.1, -0.05) is 29.8 Å². The molecule has 126 valence electrons. The quantitative estimate of drug-likeness (QED) is 0.934. The van der Waals surface area contributed by atoms with Gasteiger partial charge >= 0.3 is 0 Å². The average molecular weight is 326 g/mol. The Hall–Kier alpha value is -2.63. The van der Waals surface area contributed by atoms with Crippen molar-refractivity contribution in [3.63, 3.8) is 0 Å². The first-order valence-corrected chi connectivity index (χ1v) is 8.29. The van der Waals surface area contributed by atoms with Crippen LogP contribution >= 0.6 is 0 Å². The molecule has 0 aliphatic carbocycles. The number of benzene rings is 1. The van der Waals surface area contributed by atoms with Gasteiger partial charge in [0.2, 0.25) is 0 Å². The molecule has 0 spiro atoms. The highest BCUT2D eigenvalue weighted by molar-refractivity contribution is 5.98. The van der Waals surface area contributed by atoms with Gasteiger partial charge in [-0.3, -0.25) is 14.3 Å². The highest BCUT2D eigenvalue weighted by Gasteiger charge is 2.26. The lowest BCUT2D eigenvalue weighted by Gasteiger charge is -2.20. The first-order valence-electron chi connectivity index (χ1n) is 8.29. The van der Waals surface area contributed by atoms with Gasteiger partial charge in [0.15, 0.2) is 5.69 Å². The summed E-state index contributed by atoms with van der Waals surface area (Å²) in [6, 6.07) is 9.79. The van der Waals surface area contributed by atoms with Gasteiger partial charge in [-0.2, -0.15) is 5.10 Å². The average Bonchev–Trinajstić information content (AvgIpc) is 2.94. The molecule has 0 saturated carbocycles. The Morgan fingerprint density at radius 3 is 2.71 bits per heavy atom. The number of amides is 2. The number of rotatable bonds is 4. The van der Waals surface area contributed by atoms with Crippen LogP contribution in [0.2, 0.25) is 0 Å². The second-order valence-electron chi connectivity index (χ2n) is 6.06. The maximum atomic E-state index is 12.8. The van der Waals surface area contributed by atoms with Crippen molar-refractivity contribution < 1.29 is 9.59 Å². The molecule has 0 fully saturated rings.